The van der Waals surface area contributed by atoms with Crippen molar-refractivity contribution in [1.82, 2.24) is 0 Å². The van der Waals surface area contributed by atoms with Crippen LogP contribution in [0, 0.1) is 22.7 Å². The fraction of sp³-hybridized carbons (Fsp3) is 0.810. The van der Waals surface area contributed by atoms with E-state index in [1.165, 1.54) is 0 Å². The molecule has 0 aromatic heterocycles. The summed E-state index contributed by atoms with van der Waals surface area (Å²) in [4.78, 5) is 24.3. The van der Waals surface area contributed by atoms with Crippen LogP contribution in [-0.4, -0.2) is 55.9 Å². The molecule has 0 amide bonds. The lowest BCUT2D eigenvalue weighted by Gasteiger charge is -2.63. The van der Waals surface area contributed by atoms with Crippen LogP contribution >= 0.6 is 0 Å². The van der Waals surface area contributed by atoms with Crippen molar-refractivity contribution in [2.45, 2.75) is 76.1 Å². The molecule has 4 aliphatic carbocycles. The highest BCUT2D eigenvalue weighted by atomic mass is 16.3. The molecule has 0 bridgehead atoms. The van der Waals surface area contributed by atoms with E-state index >= 15 is 0 Å². The molecule has 7 atom stereocenters. The standard InChI is InChI=1S/C21H30O6/c1-18-6-5-13(23)9-12(18)3-4-14-17(18)15(24)10-19(2)20(14,26)7-8-21(19,27)16(25)11-22/h9,14-15,17,22,24,26-27H,3-8,10-11H2,1-2H3. The van der Waals surface area contributed by atoms with E-state index in [0.29, 0.717) is 25.7 Å². The lowest BCUT2D eigenvalue weighted by molar-refractivity contribution is -0.243. The quantitative estimate of drug-likeness (QED) is 0.567. The van der Waals surface area contributed by atoms with Crippen LogP contribution in [0.15, 0.2) is 11.6 Å². The Bertz CT molecular complexity index is 730. The Morgan fingerprint density at radius 2 is 1.89 bits per heavy atom. The van der Waals surface area contributed by atoms with Crippen LogP contribution in [0.3, 0.4) is 0 Å². The summed E-state index contributed by atoms with van der Waals surface area (Å²) in [5, 5.41) is 43.6. The Kier molecular flexibility index (Phi) is 4.08. The minimum absolute atomic E-state index is 0.0905. The first-order valence-electron chi connectivity index (χ1n) is 10.0. The smallest absolute Gasteiger partial charge is 0.190 e. The number of hydrogen-bond donors (Lipinski definition) is 4. The van der Waals surface area contributed by atoms with E-state index < -0.39 is 35.1 Å². The SMILES string of the molecule is CC12CCC(=O)C=C1CCC1C2C(O)CC2(C)C(O)(C(=O)CO)CCC12O. The van der Waals surface area contributed by atoms with Crippen LogP contribution in [0.25, 0.3) is 0 Å². The molecule has 0 aromatic carbocycles. The van der Waals surface area contributed by atoms with Crippen molar-refractivity contribution in [2.75, 3.05) is 6.61 Å². The normalized spacial score (nSPS) is 51.9. The minimum Gasteiger partial charge on any atom is -0.393 e. The van der Waals surface area contributed by atoms with Gasteiger partial charge in [-0.1, -0.05) is 19.4 Å². The van der Waals surface area contributed by atoms with Gasteiger partial charge in [-0.3, -0.25) is 9.59 Å². The number of allylic oxidation sites excluding steroid dienone is 1. The maximum absolute atomic E-state index is 12.4. The van der Waals surface area contributed by atoms with Gasteiger partial charge in [0.25, 0.3) is 0 Å². The monoisotopic (exact) mass is 378 g/mol. The van der Waals surface area contributed by atoms with Crippen molar-refractivity contribution in [1.29, 1.82) is 0 Å². The summed E-state index contributed by atoms with van der Waals surface area (Å²) in [5.74, 6) is -1.03. The molecule has 3 fully saturated rings. The van der Waals surface area contributed by atoms with Crippen LogP contribution in [0.1, 0.15) is 58.8 Å². The molecule has 0 aliphatic heterocycles. The largest absolute Gasteiger partial charge is 0.393 e. The molecule has 27 heavy (non-hydrogen) atoms. The van der Waals surface area contributed by atoms with Crippen molar-refractivity contribution >= 4 is 11.6 Å². The van der Waals surface area contributed by atoms with Gasteiger partial charge in [0.2, 0.25) is 0 Å². The van der Waals surface area contributed by atoms with Crippen LogP contribution < -0.4 is 0 Å². The van der Waals surface area contributed by atoms with Gasteiger partial charge in [-0.15, -0.1) is 0 Å². The molecule has 4 rings (SSSR count). The highest BCUT2D eigenvalue weighted by Crippen LogP contribution is 2.69. The first kappa shape index (κ1) is 19.2. The highest BCUT2D eigenvalue weighted by Gasteiger charge is 2.74. The van der Waals surface area contributed by atoms with Crippen molar-refractivity contribution in [3.05, 3.63) is 11.6 Å². The van der Waals surface area contributed by atoms with Gasteiger partial charge in [0.05, 0.1) is 11.7 Å². The average Bonchev–Trinajstić information content (AvgIpc) is 2.83. The average molecular weight is 378 g/mol. The summed E-state index contributed by atoms with van der Waals surface area (Å²) in [7, 11) is 0. The van der Waals surface area contributed by atoms with Crippen molar-refractivity contribution in [2.24, 2.45) is 22.7 Å². The number of ketones is 2. The molecule has 3 saturated carbocycles. The maximum Gasteiger partial charge on any atom is 0.190 e. The molecule has 0 saturated heterocycles. The summed E-state index contributed by atoms with van der Waals surface area (Å²) in [6, 6.07) is 0. The van der Waals surface area contributed by atoms with Crippen molar-refractivity contribution < 1.29 is 30.0 Å². The molecule has 7 unspecified atom stereocenters. The molecule has 6 heteroatoms. The fourth-order valence-electron chi connectivity index (χ4n) is 7.22. The van der Waals surface area contributed by atoms with E-state index in [0.717, 1.165) is 5.57 Å². The second-order valence-electron chi connectivity index (χ2n) is 9.69. The summed E-state index contributed by atoms with van der Waals surface area (Å²) < 4.78 is 0. The first-order valence-corrected chi connectivity index (χ1v) is 10.0. The number of rotatable bonds is 2. The second kappa shape index (κ2) is 5.72. The Morgan fingerprint density at radius 3 is 2.56 bits per heavy atom. The molecule has 0 radical (unpaired) electrons. The lowest BCUT2D eigenvalue weighted by atomic mass is 9.44. The van der Waals surface area contributed by atoms with E-state index in [9.17, 15) is 30.0 Å². The van der Waals surface area contributed by atoms with Gasteiger partial charge in [-0.05, 0) is 61.9 Å². The van der Waals surface area contributed by atoms with Gasteiger partial charge >= 0.3 is 0 Å². The predicted molar refractivity (Wildman–Crippen MR) is 96.6 cm³/mol. The minimum atomic E-state index is -1.83. The summed E-state index contributed by atoms with van der Waals surface area (Å²) in [6.07, 6.45) is 3.79. The van der Waals surface area contributed by atoms with E-state index in [1.807, 2.05) is 0 Å². The molecule has 4 aliphatic rings. The molecular weight excluding hydrogens is 348 g/mol. The Labute approximate surface area is 159 Å². The van der Waals surface area contributed by atoms with E-state index in [4.69, 9.17) is 0 Å². The number of Topliss-reactive ketones (excluding diaryl/α,β-unsaturated/α-hetero) is 1. The molecule has 0 aromatic rings. The number of carbonyl (C=O) groups excluding carboxylic acids is 2. The molecule has 4 N–H and O–H groups in total. The van der Waals surface area contributed by atoms with E-state index in [-0.39, 0.29) is 42.3 Å². The maximum atomic E-state index is 12.4. The van der Waals surface area contributed by atoms with Crippen molar-refractivity contribution in [3.63, 3.8) is 0 Å². The third kappa shape index (κ3) is 2.16. The van der Waals surface area contributed by atoms with Crippen LogP contribution in [0.4, 0.5) is 0 Å². The fourth-order valence-corrected chi connectivity index (χ4v) is 7.22. The van der Waals surface area contributed by atoms with Gasteiger partial charge in [0.15, 0.2) is 11.6 Å². The number of fused-ring (bicyclic) bond motifs is 5. The van der Waals surface area contributed by atoms with Crippen molar-refractivity contribution in [3.8, 4) is 0 Å². The molecule has 0 heterocycles. The summed E-state index contributed by atoms with van der Waals surface area (Å²) >= 11 is 0. The van der Waals surface area contributed by atoms with Crippen LogP contribution in [0.2, 0.25) is 0 Å². The van der Waals surface area contributed by atoms with E-state index in [1.54, 1.807) is 13.0 Å². The number of hydrogen-bond acceptors (Lipinski definition) is 6. The zero-order valence-corrected chi connectivity index (χ0v) is 16.1. The molecule has 150 valence electrons. The Morgan fingerprint density at radius 1 is 1.19 bits per heavy atom. The molecular formula is C21H30O6. The zero-order chi connectivity index (χ0) is 19.8. The second-order valence-corrected chi connectivity index (χ2v) is 9.69. The zero-order valence-electron chi connectivity index (χ0n) is 16.1. The lowest BCUT2D eigenvalue weighted by Crippen LogP contribution is -2.69. The highest BCUT2D eigenvalue weighted by molar-refractivity contribution is 5.92. The Hall–Kier alpha value is -1.08. The topological polar surface area (TPSA) is 115 Å². The number of carbonyl (C=O) groups is 2. The third-order valence-corrected chi connectivity index (χ3v) is 8.84. The van der Waals surface area contributed by atoms with Gasteiger partial charge in [-0.25, -0.2) is 0 Å². The van der Waals surface area contributed by atoms with Gasteiger partial charge in [-0.2, -0.15) is 0 Å². The van der Waals surface area contributed by atoms with Gasteiger partial charge < -0.3 is 20.4 Å². The summed E-state index contributed by atoms with van der Waals surface area (Å²) in [6.45, 7) is 2.99. The number of aliphatic hydroxyl groups is 4. The van der Waals surface area contributed by atoms with Crippen LogP contribution in [-0.2, 0) is 9.59 Å². The summed E-state index contributed by atoms with van der Waals surface area (Å²) in [5.41, 5.74) is -3.61. The predicted octanol–water partition coefficient (Wildman–Crippen LogP) is 0.896. The third-order valence-electron chi connectivity index (χ3n) is 8.84. The first-order chi connectivity index (χ1) is 12.5. The van der Waals surface area contributed by atoms with Gasteiger partial charge in [0.1, 0.15) is 12.2 Å². The number of aliphatic hydroxyl groups excluding tert-OH is 2. The van der Waals surface area contributed by atoms with Gasteiger partial charge in [0, 0.05) is 11.8 Å². The van der Waals surface area contributed by atoms with Crippen LogP contribution in [0.5, 0.6) is 0 Å². The molecule has 0 spiro atoms. The molecule has 6 nitrogen and oxygen atoms in total. The van der Waals surface area contributed by atoms with E-state index in [2.05, 4.69) is 6.92 Å². The Balaban J connectivity index is 1.80.